The van der Waals surface area contributed by atoms with Gasteiger partial charge in [-0.15, -0.1) is 0 Å². The van der Waals surface area contributed by atoms with E-state index in [1.165, 1.54) is 0 Å². The molecule has 0 aromatic carbocycles. The van der Waals surface area contributed by atoms with Gasteiger partial charge in [0.2, 0.25) is 0 Å². The maximum absolute atomic E-state index is 12.3. The molecule has 4 aliphatic rings. The highest BCUT2D eigenvalue weighted by atomic mass is 16.5. The van der Waals surface area contributed by atoms with Crippen molar-refractivity contribution in [1.29, 1.82) is 0 Å². The maximum Gasteiger partial charge on any atom is 0.312 e. The van der Waals surface area contributed by atoms with E-state index in [4.69, 9.17) is 9.47 Å². The molecule has 1 spiro atoms. The molecule has 0 N–H and O–H groups in total. The summed E-state index contributed by atoms with van der Waals surface area (Å²) in [7, 11) is 0. The van der Waals surface area contributed by atoms with Gasteiger partial charge in [-0.3, -0.25) is 9.59 Å². The minimum absolute atomic E-state index is 0.00102. The van der Waals surface area contributed by atoms with Crippen molar-refractivity contribution < 1.29 is 19.1 Å². The number of rotatable bonds is 3. The summed E-state index contributed by atoms with van der Waals surface area (Å²) >= 11 is 0. The minimum Gasteiger partial charge on any atom is -0.465 e. The monoisotopic (exact) mass is 294 g/mol. The Morgan fingerprint density at radius 2 is 2.19 bits per heavy atom. The van der Waals surface area contributed by atoms with Crippen LogP contribution in [-0.2, 0) is 19.1 Å². The number of carbonyl (C=O) groups excluding carboxylic acids is 2. The molecule has 4 rings (SSSR count). The SMILES string of the molecule is CCC(C)(C)C(=O)OC1CC2CCC1CC21CCOC1=O. The first-order valence-electron chi connectivity index (χ1n) is 8.27. The fourth-order valence-corrected chi connectivity index (χ4v) is 4.28. The van der Waals surface area contributed by atoms with Gasteiger partial charge >= 0.3 is 11.9 Å². The second-order valence-corrected chi connectivity index (χ2v) is 7.70. The molecule has 2 bridgehead atoms. The van der Waals surface area contributed by atoms with Crippen LogP contribution in [0.5, 0.6) is 0 Å². The van der Waals surface area contributed by atoms with E-state index in [-0.39, 0.29) is 23.5 Å². The van der Waals surface area contributed by atoms with E-state index >= 15 is 0 Å². The third-order valence-corrected chi connectivity index (χ3v) is 6.22. The highest BCUT2D eigenvalue weighted by Gasteiger charge is 2.59. The van der Waals surface area contributed by atoms with E-state index < -0.39 is 5.41 Å². The van der Waals surface area contributed by atoms with Crippen LogP contribution in [-0.4, -0.2) is 24.6 Å². The lowest BCUT2D eigenvalue weighted by Crippen LogP contribution is -2.52. The summed E-state index contributed by atoms with van der Waals surface area (Å²) in [5, 5.41) is 0. The molecule has 3 aliphatic carbocycles. The Balaban J connectivity index is 1.70. The maximum atomic E-state index is 12.3. The summed E-state index contributed by atoms with van der Waals surface area (Å²) in [5.41, 5.74) is -0.674. The normalized spacial score (nSPS) is 38.6. The van der Waals surface area contributed by atoms with Crippen molar-refractivity contribution in [3.8, 4) is 0 Å². The van der Waals surface area contributed by atoms with Gasteiger partial charge in [0.15, 0.2) is 0 Å². The molecular formula is C17H26O4. The third-order valence-electron chi connectivity index (χ3n) is 6.22. The number of carbonyl (C=O) groups is 2. The summed E-state index contributed by atoms with van der Waals surface area (Å²) in [6.45, 7) is 6.45. The fourth-order valence-electron chi connectivity index (χ4n) is 4.28. The van der Waals surface area contributed by atoms with Crippen LogP contribution in [0.25, 0.3) is 0 Å². The van der Waals surface area contributed by atoms with E-state index in [0.29, 0.717) is 18.4 Å². The molecule has 0 aromatic heterocycles. The molecule has 1 saturated heterocycles. The molecular weight excluding hydrogens is 268 g/mol. The van der Waals surface area contributed by atoms with Gasteiger partial charge in [-0.05, 0) is 64.2 Å². The molecule has 4 nitrogen and oxygen atoms in total. The first-order valence-corrected chi connectivity index (χ1v) is 8.27. The molecule has 0 radical (unpaired) electrons. The molecule has 21 heavy (non-hydrogen) atoms. The lowest BCUT2D eigenvalue weighted by atomic mass is 9.54. The summed E-state index contributed by atoms with van der Waals surface area (Å²) in [5.74, 6) is 0.568. The Bertz CT molecular complexity index is 456. The summed E-state index contributed by atoms with van der Waals surface area (Å²) in [6.07, 6.45) is 5.47. The van der Waals surface area contributed by atoms with Gasteiger partial charge in [-0.2, -0.15) is 0 Å². The Hall–Kier alpha value is -1.06. The minimum atomic E-state index is -0.416. The molecule has 4 fully saturated rings. The standard InChI is InChI=1S/C17H26O4/c1-4-16(2,3)14(18)21-13-9-12-6-5-11(13)10-17(12)7-8-20-15(17)19/h11-13H,4-10H2,1-3H3. The van der Waals surface area contributed by atoms with Gasteiger partial charge in [-0.25, -0.2) is 0 Å². The zero-order chi connectivity index (χ0) is 15.3. The Morgan fingerprint density at radius 1 is 1.43 bits per heavy atom. The van der Waals surface area contributed by atoms with E-state index in [2.05, 4.69) is 0 Å². The molecule has 4 heteroatoms. The smallest absolute Gasteiger partial charge is 0.312 e. The van der Waals surface area contributed by atoms with Crippen molar-refractivity contribution >= 4 is 11.9 Å². The summed E-state index contributed by atoms with van der Waals surface area (Å²) in [4.78, 5) is 24.4. The molecule has 4 unspecified atom stereocenters. The van der Waals surface area contributed by atoms with E-state index in [9.17, 15) is 9.59 Å². The van der Waals surface area contributed by atoms with Crippen LogP contribution in [0, 0.1) is 22.7 Å². The topological polar surface area (TPSA) is 52.6 Å². The first-order chi connectivity index (χ1) is 9.89. The second-order valence-electron chi connectivity index (χ2n) is 7.70. The van der Waals surface area contributed by atoms with Crippen LogP contribution < -0.4 is 0 Å². The van der Waals surface area contributed by atoms with Crippen LogP contribution >= 0.6 is 0 Å². The molecule has 3 saturated carbocycles. The van der Waals surface area contributed by atoms with Gasteiger partial charge < -0.3 is 9.47 Å². The molecule has 4 atom stereocenters. The average Bonchev–Trinajstić information content (AvgIpc) is 2.81. The largest absolute Gasteiger partial charge is 0.465 e. The molecule has 0 amide bonds. The predicted molar refractivity (Wildman–Crippen MR) is 77.4 cm³/mol. The zero-order valence-electron chi connectivity index (χ0n) is 13.3. The lowest BCUT2D eigenvalue weighted by Gasteiger charge is -2.50. The Morgan fingerprint density at radius 3 is 2.71 bits per heavy atom. The highest BCUT2D eigenvalue weighted by molar-refractivity contribution is 5.79. The predicted octanol–water partition coefficient (Wildman–Crippen LogP) is 3.09. The van der Waals surface area contributed by atoms with Gasteiger partial charge in [-0.1, -0.05) is 6.92 Å². The quantitative estimate of drug-likeness (QED) is 0.751. The Kier molecular flexibility index (Phi) is 3.53. The van der Waals surface area contributed by atoms with Gasteiger partial charge in [0.05, 0.1) is 17.4 Å². The van der Waals surface area contributed by atoms with E-state index in [0.717, 1.165) is 38.5 Å². The van der Waals surface area contributed by atoms with Crippen LogP contribution in [0.3, 0.4) is 0 Å². The van der Waals surface area contributed by atoms with Crippen molar-refractivity contribution in [2.75, 3.05) is 6.61 Å². The number of ether oxygens (including phenoxy) is 2. The summed E-state index contributed by atoms with van der Waals surface area (Å²) < 4.78 is 11.1. The third kappa shape index (κ3) is 2.27. The number of fused-ring (bicyclic) bond motifs is 2. The highest BCUT2D eigenvalue weighted by Crippen LogP contribution is 2.57. The summed E-state index contributed by atoms with van der Waals surface area (Å²) in [6, 6.07) is 0. The van der Waals surface area contributed by atoms with E-state index in [1.807, 2.05) is 20.8 Å². The van der Waals surface area contributed by atoms with Crippen molar-refractivity contribution in [3.63, 3.8) is 0 Å². The average molecular weight is 294 g/mol. The first kappa shape index (κ1) is 14.9. The van der Waals surface area contributed by atoms with Crippen molar-refractivity contribution in [2.24, 2.45) is 22.7 Å². The van der Waals surface area contributed by atoms with Gasteiger partial charge in [0.1, 0.15) is 6.10 Å². The van der Waals surface area contributed by atoms with Gasteiger partial charge in [0.25, 0.3) is 0 Å². The number of cyclic esters (lactones) is 1. The van der Waals surface area contributed by atoms with Crippen LogP contribution in [0.2, 0.25) is 0 Å². The molecule has 1 aliphatic heterocycles. The lowest BCUT2D eigenvalue weighted by molar-refractivity contribution is -0.178. The fraction of sp³-hybridized carbons (Fsp3) is 0.882. The van der Waals surface area contributed by atoms with Crippen molar-refractivity contribution in [1.82, 2.24) is 0 Å². The number of hydrogen-bond acceptors (Lipinski definition) is 4. The molecule has 118 valence electrons. The van der Waals surface area contributed by atoms with Gasteiger partial charge in [0, 0.05) is 0 Å². The van der Waals surface area contributed by atoms with Crippen molar-refractivity contribution in [2.45, 2.75) is 65.4 Å². The van der Waals surface area contributed by atoms with E-state index in [1.54, 1.807) is 0 Å². The second kappa shape index (κ2) is 4.99. The van der Waals surface area contributed by atoms with Crippen molar-refractivity contribution in [3.05, 3.63) is 0 Å². The molecule has 0 aromatic rings. The van der Waals surface area contributed by atoms with Crippen LogP contribution in [0.1, 0.15) is 59.3 Å². The number of esters is 2. The zero-order valence-corrected chi connectivity index (χ0v) is 13.3. The Labute approximate surface area is 126 Å². The number of hydrogen-bond donors (Lipinski definition) is 0. The molecule has 1 heterocycles. The van der Waals surface area contributed by atoms with Crippen LogP contribution in [0.15, 0.2) is 0 Å². The van der Waals surface area contributed by atoms with Crippen LogP contribution in [0.4, 0.5) is 0 Å².